The number of para-hydroxylation sites is 1. The molecule has 0 aliphatic rings. The van der Waals surface area contributed by atoms with Gasteiger partial charge in [-0.25, -0.2) is 4.79 Å². The number of ether oxygens (including phenoxy) is 4. The van der Waals surface area contributed by atoms with Crippen LogP contribution in [0.3, 0.4) is 0 Å². The summed E-state index contributed by atoms with van der Waals surface area (Å²) in [6, 6.07) is 21.5. The maximum absolute atomic E-state index is 10.9. The van der Waals surface area contributed by atoms with Crippen molar-refractivity contribution in [2.75, 3.05) is 26.4 Å². The molecule has 0 saturated carbocycles. The smallest absolute Gasteiger partial charge is 0.330 e. The highest BCUT2D eigenvalue weighted by atomic mass is 16.6. The molecule has 0 N–H and O–H groups in total. The Labute approximate surface area is 164 Å². The fourth-order valence-corrected chi connectivity index (χ4v) is 2.61. The molecule has 3 rings (SSSR count). The lowest BCUT2D eigenvalue weighted by atomic mass is 10.1. The number of benzene rings is 3. The molecule has 144 valence electrons. The molecule has 3 aromatic rings. The Balaban J connectivity index is 1.52. The summed E-state index contributed by atoms with van der Waals surface area (Å²) >= 11 is 0. The van der Waals surface area contributed by atoms with E-state index in [1.165, 1.54) is 0 Å². The van der Waals surface area contributed by atoms with Crippen LogP contribution in [0, 0.1) is 0 Å². The summed E-state index contributed by atoms with van der Waals surface area (Å²) in [5, 5.41) is 2.04. The maximum atomic E-state index is 10.9. The van der Waals surface area contributed by atoms with Crippen LogP contribution in [-0.4, -0.2) is 32.4 Å². The second-order valence-electron chi connectivity index (χ2n) is 5.89. The Bertz CT molecular complexity index is 921. The molecule has 0 spiro atoms. The van der Waals surface area contributed by atoms with Crippen molar-refractivity contribution in [2.24, 2.45) is 0 Å². The van der Waals surface area contributed by atoms with E-state index in [-0.39, 0.29) is 6.61 Å². The number of esters is 1. The molecule has 0 fully saturated rings. The maximum Gasteiger partial charge on any atom is 0.330 e. The zero-order valence-corrected chi connectivity index (χ0v) is 15.5. The fraction of sp³-hybridized carbons (Fsp3) is 0.174. The van der Waals surface area contributed by atoms with Crippen molar-refractivity contribution in [3.63, 3.8) is 0 Å². The van der Waals surface area contributed by atoms with Crippen LogP contribution >= 0.6 is 0 Å². The summed E-state index contributed by atoms with van der Waals surface area (Å²) < 4.78 is 21.9. The minimum Gasteiger partial charge on any atom is -0.491 e. The number of fused-ring (bicyclic) bond motifs is 1. The highest BCUT2D eigenvalue weighted by Crippen LogP contribution is 2.31. The van der Waals surface area contributed by atoms with E-state index in [0.717, 1.165) is 34.1 Å². The molecule has 3 aromatic carbocycles. The Morgan fingerprint density at radius 1 is 0.857 bits per heavy atom. The molecule has 5 heteroatoms. The largest absolute Gasteiger partial charge is 0.491 e. The molecule has 0 atom stereocenters. The molecular formula is C23H22O5. The Morgan fingerprint density at radius 3 is 2.50 bits per heavy atom. The number of hydrogen-bond donors (Lipinski definition) is 0. The van der Waals surface area contributed by atoms with Gasteiger partial charge >= 0.3 is 5.97 Å². The molecule has 0 amide bonds. The predicted molar refractivity (Wildman–Crippen MR) is 108 cm³/mol. The van der Waals surface area contributed by atoms with Gasteiger partial charge in [0.15, 0.2) is 0 Å². The van der Waals surface area contributed by atoms with E-state index in [1.54, 1.807) is 0 Å². The van der Waals surface area contributed by atoms with E-state index in [4.69, 9.17) is 18.9 Å². The highest BCUT2D eigenvalue weighted by molar-refractivity contribution is 5.89. The first-order valence-electron chi connectivity index (χ1n) is 9.01. The van der Waals surface area contributed by atoms with Crippen molar-refractivity contribution in [2.45, 2.75) is 0 Å². The van der Waals surface area contributed by atoms with Gasteiger partial charge in [0.05, 0.1) is 13.2 Å². The average Bonchev–Trinajstić information content (AvgIpc) is 2.73. The molecule has 5 nitrogen and oxygen atoms in total. The van der Waals surface area contributed by atoms with Crippen LogP contribution in [0.1, 0.15) is 0 Å². The van der Waals surface area contributed by atoms with E-state index in [1.807, 2.05) is 66.7 Å². The van der Waals surface area contributed by atoms with Gasteiger partial charge in [-0.15, -0.1) is 0 Å². The van der Waals surface area contributed by atoms with E-state index in [2.05, 4.69) is 6.58 Å². The lowest BCUT2D eigenvalue weighted by Gasteiger charge is -2.11. The summed E-state index contributed by atoms with van der Waals surface area (Å²) in [4.78, 5) is 10.9. The standard InChI is InChI=1S/C23H22O5/c1-2-23(24)27-16-14-25-13-15-26-20-11-12-21-18(17-20)7-6-10-22(21)28-19-8-4-3-5-9-19/h2-12,17H,1,13-16H2. The first-order chi connectivity index (χ1) is 13.8. The normalized spacial score (nSPS) is 10.4. The van der Waals surface area contributed by atoms with Crippen molar-refractivity contribution in [3.05, 3.63) is 79.4 Å². The number of carbonyl (C=O) groups excluding carboxylic acids is 1. The number of rotatable bonds is 10. The highest BCUT2D eigenvalue weighted by Gasteiger charge is 2.05. The van der Waals surface area contributed by atoms with Gasteiger partial charge in [0.2, 0.25) is 0 Å². The summed E-state index contributed by atoms with van der Waals surface area (Å²) in [5.41, 5.74) is 0. The van der Waals surface area contributed by atoms with Gasteiger partial charge in [0, 0.05) is 11.5 Å². The van der Waals surface area contributed by atoms with Crippen LogP contribution in [0.5, 0.6) is 17.2 Å². The molecule has 0 aliphatic heterocycles. The van der Waals surface area contributed by atoms with Gasteiger partial charge < -0.3 is 18.9 Å². The van der Waals surface area contributed by atoms with Gasteiger partial charge in [-0.05, 0) is 41.8 Å². The van der Waals surface area contributed by atoms with Crippen molar-refractivity contribution >= 4 is 16.7 Å². The third-order valence-electron chi connectivity index (χ3n) is 3.92. The van der Waals surface area contributed by atoms with Crippen LogP contribution in [-0.2, 0) is 14.3 Å². The lowest BCUT2D eigenvalue weighted by molar-refractivity contribution is -0.139. The molecule has 0 radical (unpaired) electrons. The summed E-state index contributed by atoms with van der Waals surface area (Å²) in [6.45, 7) is 4.65. The summed E-state index contributed by atoms with van der Waals surface area (Å²) in [6.07, 6.45) is 1.12. The predicted octanol–water partition coefficient (Wildman–Crippen LogP) is 4.76. The van der Waals surface area contributed by atoms with Gasteiger partial charge in [-0.1, -0.05) is 36.9 Å². The van der Waals surface area contributed by atoms with Gasteiger partial charge in [-0.3, -0.25) is 0 Å². The summed E-state index contributed by atoms with van der Waals surface area (Å²) in [7, 11) is 0. The topological polar surface area (TPSA) is 54.0 Å². The van der Waals surface area contributed by atoms with E-state index in [9.17, 15) is 4.79 Å². The summed E-state index contributed by atoms with van der Waals surface area (Å²) in [5.74, 6) is 1.90. The van der Waals surface area contributed by atoms with E-state index >= 15 is 0 Å². The molecule has 0 aliphatic carbocycles. The second-order valence-corrected chi connectivity index (χ2v) is 5.89. The molecule has 28 heavy (non-hydrogen) atoms. The molecular weight excluding hydrogens is 356 g/mol. The molecule has 0 unspecified atom stereocenters. The molecule has 0 heterocycles. The van der Waals surface area contributed by atoms with Crippen molar-refractivity contribution in [3.8, 4) is 17.2 Å². The Morgan fingerprint density at radius 2 is 1.68 bits per heavy atom. The SMILES string of the molecule is C=CC(=O)OCCOCCOc1ccc2c(Oc3ccccc3)cccc2c1. The van der Waals surface area contributed by atoms with Crippen molar-refractivity contribution < 1.29 is 23.7 Å². The number of carbonyl (C=O) groups is 1. The fourth-order valence-electron chi connectivity index (χ4n) is 2.61. The zero-order valence-electron chi connectivity index (χ0n) is 15.5. The van der Waals surface area contributed by atoms with Crippen LogP contribution in [0.15, 0.2) is 79.4 Å². The van der Waals surface area contributed by atoms with Gasteiger partial charge in [-0.2, -0.15) is 0 Å². The zero-order chi connectivity index (χ0) is 19.6. The van der Waals surface area contributed by atoms with Crippen LogP contribution < -0.4 is 9.47 Å². The average molecular weight is 378 g/mol. The molecule has 0 bridgehead atoms. The molecule has 0 saturated heterocycles. The van der Waals surface area contributed by atoms with Gasteiger partial charge in [0.1, 0.15) is 30.5 Å². The van der Waals surface area contributed by atoms with E-state index in [0.29, 0.717) is 19.8 Å². The quantitative estimate of drug-likeness (QED) is 0.289. The minimum absolute atomic E-state index is 0.199. The monoisotopic (exact) mass is 378 g/mol. The van der Waals surface area contributed by atoms with Crippen LogP contribution in [0.2, 0.25) is 0 Å². The number of hydrogen-bond acceptors (Lipinski definition) is 5. The van der Waals surface area contributed by atoms with Crippen molar-refractivity contribution in [1.29, 1.82) is 0 Å². The van der Waals surface area contributed by atoms with Crippen LogP contribution in [0.25, 0.3) is 10.8 Å². The van der Waals surface area contributed by atoms with Gasteiger partial charge in [0.25, 0.3) is 0 Å². The second kappa shape index (κ2) is 10.1. The Kier molecular flexibility index (Phi) is 7.04. The first kappa shape index (κ1) is 19.5. The lowest BCUT2D eigenvalue weighted by Crippen LogP contribution is -2.12. The van der Waals surface area contributed by atoms with E-state index < -0.39 is 5.97 Å². The Hall–Kier alpha value is -3.31. The van der Waals surface area contributed by atoms with Crippen molar-refractivity contribution in [1.82, 2.24) is 0 Å². The molecule has 0 aromatic heterocycles. The van der Waals surface area contributed by atoms with Crippen LogP contribution in [0.4, 0.5) is 0 Å². The first-order valence-corrected chi connectivity index (χ1v) is 9.01. The minimum atomic E-state index is -0.452. The third-order valence-corrected chi connectivity index (χ3v) is 3.92. The third kappa shape index (κ3) is 5.59.